The van der Waals surface area contributed by atoms with Crippen molar-refractivity contribution >= 4 is 28.5 Å². The van der Waals surface area contributed by atoms with E-state index in [2.05, 4.69) is 0 Å². The molecule has 278 valence electrons. The van der Waals surface area contributed by atoms with Crippen molar-refractivity contribution in [3.63, 3.8) is 0 Å². The Bertz CT molecular complexity index is 2230. The Kier molecular flexibility index (Phi) is 11.3. The molecule has 0 aliphatic carbocycles. The van der Waals surface area contributed by atoms with Crippen LogP contribution in [0.2, 0.25) is 0 Å². The highest BCUT2D eigenvalue weighted by molar-refractivity contribution is 6.30. The monoisotopic (exact) mass is 736 g/mol. The van der Waals surface area contributed by atoms with Gasteiger partial charge in [0.25, 0.3) is 0 Å². The number of carbonyl (C=O) groups is 2. The number of ether oxygens (including phenoxy) is 6. The van der Waals surface area contributed by atoms with Crippen molar-refractivity contribution in [1.82, 2.24) is 9.55 Å². The minimum atomic E-state index is -0.841. The number of carbonyl (C=O) groups excluding carboxylic acids is 2. The van der Waals surface area contributed by atoms with Gasteiger partial charge in [-0.05, 0) is 34.4 Å². The lowest BCUT2D eigenvalue weighted by molar-refractivity contribution is -0.289. The van der Waals surface area contributed by atoms with E-state index in [1.54, 1.807) is 18.5 Å². The van der Waals surface area contributed by atoms with E-state index in [1.807, 2.05) is 132 Å². The zero-order valence-electron chi connectivity index (χ0n) is 30.0. The summed E-state index contributed by atoms with van der Waals surface area (Å²) in [6.45, 7) is 1.37. The van der Waals surface area contributed by atoms with Gasteiger partial charge in [-0.15, -0.1) is 0 Å². The Labute approximate surface area is 318 Å². The van der Waals surface area contributed by atoms with E-state index in [4.69, 9.17) is 33.4 Å². The highest BCUT2D eigenvalue weighted by Gasteiger charge is 2.50. The smallest absolute Gasteiger partial charge is 0.346 e. The fourth-order valence-corrected chi connectivity index (χ4v) is 7.02. The number of esters is 2. The number of aromatic nitrogens is 2. The maximum absolute atomic E-state index is 12.9. The van der Waals surface area contributed by atoms with Crippen LogP contribution in [0.4, 0.5) is 0 Å². The minimum absolute atomic E-state index is 0.142. The van der Waals surface area contributed by atoms with Gasteiger partial charge < -0.3 is 33.0 Å². The van der Waals surface area contributed by atoms with Crippen LogP contribution in [0.15, 0.2) is 152 Å². The highest BCUT2D eigenvalue weighted by atomic mass is 16.6. The molecule has 2 aromatic heterocycles. The normalized spacial score (nSPS) is 21.1. The van der Waals surface area contributed by atoms with Crippen LogP contribution in [0.25, 0.3) is 16.6 Å². The predicted octanol–water partition coefficient (Wildman–Crippen LogP) is 7.37. The summed E-state index contributed by atoms with van der Waals surface area (Å²) < 4.78 is 40.8. The molecule has 1 fully saturated rings. The largest absolute Gasteiger partial charge is 0.386 e. The van der Waals surface area contributed by atoms with Gasteiger partial charge in [0, 0.05) is 29.4 Å². The Morgan fingerprint density at radius 3 is 1.67 bits per heavy atom. The summed E-state index contributed by atoms with van der Waals surface area (Å²) in [6, 6.07) is 43.4. The second kappa shape index (κ2) is 17.2. The number of cyclic esters (lactones) is 2. The molecular weight excluding hydrogens is 697 g/mol. The third-order valence-corrected chi connectivity index (χ3v) is 9.69. The van der Waals surface area contributed by atoms with E-state index < -0.39 is 42.6 Å². The molecule has 4 aromatic carbocycles. The molecule has 2 aliphatic heterocycles. The summed E-state index contributed by atoms with van der Waals surface area (Å²) in [5, 5.41) is 0.645. The standard InChI is InChI=1S/C45H40N2O8/c48-39-24-36(45(49)55-39)37-25-47(43-35(37)22-13-23-46-43)44-42(53-29-34-20-11-4-12-21-34)41(52-28-33-18-9-3-10-19-33)40(51-27-32-16-7-2-8-17-32)38(54-44)30-50-26-31-14-5-1-6-15-31/h1-25,38,40-42,44H,26-30H2/t38-,40-,41+,42-,44-/m1/s1. The summed E-state index contributed by atoms with van der Waals surface area (Å²) in [4.78, 5) is 29.8. The molecule has 4 heterocycles. The first-order chi connectivity index (χ1) is 27.1. The summed E-state index contributed by atoms with van der Waals surface area (Å²) in [5.74, 6) is -1.44. The maximum Gasteiger partial charge on any atom is 0.346 e. The van der Waals surface area contributed by atoms with Gasteiger partial charge in [-0.3, -0.25) is 0 Å². The van der Waals surface area contributed by atoms with Crippen LogP contribution in [0, 0.1) is 0 Å². The van der Waals surface area contributed by atoms with Gasteiger partial charge in [-0.2, -0.15) is 0 Å². The first kappa shape index (κ1) is 36.2. The molecule has 0 spiro atoms. The van der Waals surface area contributed by atoms with E-state index in [0.29, 0.717) is 29.8 Å². The minimum Gasteiger partial charge on any atom is -0.386 e. The Morgan fingerprint density at radius 1 is 0.600 bits per heavy atom. The molecule has 0 bridgehead atoms. The van der Waals surface area contributed by atoms with Gasteiger partial charge >= 0.3 is 11.9 Å². The molecule has 0 amide bonds. The summed E-state index contributed by atoms with van der Waals surface area (Å²) in [6.07, 6.45) is 1.09. The van der Waals surface area contributed by atoms with E-state index in [9.17, 15) is 9.59 Å². The number of rotatable bonds is 15. The van der Waals surface area contributed by atoms with Crippen molar-refractivity contribution in [2.75, 3.05) is 6.61 Å². The topological polar surface area (TPSA) is 107 Å². The van der Waals surface area contributed by atoms with Crippen LogP contribution >= 0.6 is 0 Å². The fraction of sp³-hybridized carbons (Fsp3) is 0.222. The number of pyridine rings is 1. The molecule has 10 heteroatoms. The molecule has 8 rings (SSSR count). The van der Waals surface area contributed by atoms with Crippen LogP contribution in [0.5, 0.6) is 0 Å². The van der Waals surface area contributed by atoms with Crippen molar-refractivity contribution in [3.8, 4) is 0 Å². The second-order valence-electron chi connectivity index (χ2n) is 13.4. The third-order valence-electron chi connectivity index (χ3n) is 9.69. The maximum atomic E-state index is 12.9. The van der Waals surface area contributed by atoms with Crippen LogP contribution in [-0.4, -0.2) is 52.5 Å². The first-order valence-corrected chi connectivity index (χ1v) is 18.3. The molecule has 1 saturated heterocycles. The van der Waals surface area contributed by atoms with Gasteiger partial charge in [0.05, 0.1) is 38.6 Å². The molecule has 5 atom stereocenters. The molecular formula is C45H40N2O8. The zero-order chi connectivity index (χ0) is 37.4. The van der Waals surface area contributed by atoms with E-state index >= 15 is 0 Å². The summed E-state index contributed by atoms with van der Waals surface area (Å²) in [7, 11) is 0. The third kappa shape index (κ3) is 8.49. The summed E-state index contributed by atoms with van der Waals surface area (Å²) >= 11 is 0. The Hall–Kier alpha value is -5.75. The first-order valence-electron chi connectivity index (χ1n) is 18.3. The number of fused-ring (bicyclic) bond motifs is 1. The molecule has 55 heavy (non-hydrogen) atoms. The van der Waals surface area contributed by atoms with Crippen molar-refractivity contribution in [2.24, 2.45) is 0 Å². The van der Waals surface area contributed by atoms with E-state index in [0.717, 1.165) is 22.3 Å². The van der Waals surface area contributed by atoms with Crippen molar-refractivity contribution < 1.29 is 38.0 Å². The molecule has 0 unspecified atom stereocenters. The predicted molar refractivity (Wildman–Crippen MR) is 204 cm³/mol. The van der Waals surface area contributed by atoms with Crippen LogP contribution in [0.1, 0.15) is 34.0 Å². The molecule has 0 saturated carbocycles. The number of benzene rings is 4. The number of nitrogens with zero attached hydrogens (tertiary/aromatic N) is 2. The highest BCUT2D eigenvalue weighted by Crippen LogP contribution is 2.40. The van der Waals surface area contributed by atoms with Crippen molar-refractivity contribution in [1.29, 1.82) is 0 Å². The summed E-state index contributed by atoms with van der Waals surface area (Å²) in [5.41, 5.74) is 5.12. The molecule has 0 N–H and O–H groups in total. The Balaban J connectivity index is 1.22. The van der Waals surface area contributed by atoms with Gasteiger partial charge in [0.1, 0.15) is 30.1 Å². The second-order valence-corrected chi connectivity index (χ2v) is 13.4. The number of hydrogen-bond acceptors (Lipinski definition) is 9. The van der Waals surface area contributed by atoms with Gasteiger partial charge in [-0.1, -0.05) is 121 Å². The molecule has 10 nitrogen and oxygen atoms in total. The quantitative estimate of drug-likeness (QED) is 0.0789. The fourth-order valence-electron chi connectivity index (χ4n) is 7.02. The SMILES string of the molecule is O=C1C=C(c2cn([C@@H]3O[C@H](COCc4ccccc4)[C@@H](OCc4ccccc4)[C@H](OCc4ccccc4)[C@H]3OCc3ccccc3)c3ncccc23)C(=O)O1. The molecule has 6 aromatic rings. The van der Waals surface area contributed by atoms with Crippen LogP contribution in [-0.2, 0) is 64.4 Å². The van der Waals surface area contributed by atoms with Crippen LogP contribution < -0.4 is 0 Å². The average Bonchev–Trinajstić information content (AvgIpc) is 3.78. The van der Waals surface area contributed by atoms with Gasteiger partial charge in [0.2, 0.25) is 0 Å². The lowest BCUT2D eigenvalue weighted by Crippen LogP contribution is -2.59. The molecule has 0 radical (unpaired) electrons. The lowest BCUT2D eigenvalue weighted by atomic mass is 9.96. The number of hydrogen-bond donors (Lipinski definition) is 0. The molecule has 2 aliphatic rings. The van der Waals surface area contributed by atoms with Crippen LogP contribution in [0.3, 0.4) is 0 Å². The van der Waals surface area contributed by atoms with Crippen molar-refractivity contribution in [2.45, 2.75) is 57.1 Å². The van der Waals surface area contributed by atoms with E-state index in [-0.39, 0.29) is 25.4 Å². The van der Waals surface area contributed by atoms with E-state index in [1.165, 1.54) is 6.08 Å². The Morgan fingerprint density at radius 2 is 1.13 bits per heavy atom. The van der Waals surface area contributed by atoms with Crippen molar-refractivity contribution in [3.05, 3.63) is 180 Å². The lowest BCUT2D eigenvalue weighted by Gasteiger charge is -2.46. The van der Waals surface area contributed by atoms with Gasteiger partial charge in [0.15, 0.2) is 6.23 Å². The average molecular weight is 737 g/mol. The van der Waals surface area contributed by atoms with Gasteiger partial charge in [-0.25, -0.2) is 14.6 Å². The zero-order valence-corrected chi connectivity index (χ0v) is 30.0.